The SMILES string of the molecule is NCc1ccc(Oc2ncccn2)cc1.O=C(O)C(F)(F)F. The molecule has 1 aromatic carbocycles. The highest BCUT2D eigenvalue weighted by Crippen LogP contribution is 2.17. The van der Waals surface area contributed by atoms with Crippen LogP contribution in [0.4, 0.5) is 13.2 Å². The van der Waals surface area contributed by atoms with E-state index in [4.69, 9.17) is 20.4 Å². The standard InChI is InChI=1S/C11H11N3O.C2HF3O2/c12-8-9-2-4-10(5-3-9)15-11-13-6-1-7-14-11;3-2(4,5)1(6)7/h1-7H,8,12H2;(H,6,7). The van der Waals surface area contributed by atoms with Gasteiger partial charge in [0.25, 0.3) is 0 Å². The summed E-state index contributed by atoms with van der Waals surface area (Å²) in [4.78, 5) is 16.8. The Kier molecular flexibility index (Phi) is 6.26. The first-order valence-electron chi connectivity index (χ1n) is 5.87. The van der Waals surface area contributed by atoms with Crippen LogP contribution in [0.2, 0.25) is 0 Å². The summed E-state index contributed by atoms with van der Waals surface area (Å²) in [5, 5.41) is 7.12. The van der Waals surface area contributed by atoms with Crippen LogP contribution < -0.4 is 10.5 Å². The summed E-state index contributed by atoms with van der Waals surface area (Å²) in [6.45, 7) is 0.530. The number of aliphatic carboxylic acids is 1. The Balaban J connectivity index is 0.000000295. The number of benzene rings is 1. The summed E-state index contributed by atoms with van der Waals surface area (Å²) < 4.78 is 37.2. The summed E-state index contributed by atoms with van der Waals surface area (Å²) in [6.07, 6.45) is -1.81. The molecule has 0 aliphatic heterocycles. The van der Waals surface area contributed by atoms with Crippen molar-refractivity contribution in [3.05, 3.63) is 48.3 Å². The largest absolute Gasteiger partial charge is 0.490 e. The molecular weight excluding hydrogens is 303 g/mol. The van der Waals surface area contributed by atoms with Gasteiger partial charge in [0.05, 0.1) is 0 Å². The highest BCUT2D eigenvalue weighted by Gasteiger charge is 2.38. The van der Waals surface area contributed by atoms with Crippen LogP contribution in [-0.2, 0) is 11.3 Å². The van der Waals surface area contributed by atoms with E-state index in [1.54, 1.807) is 18.5 Å². The molecule has 0 fully saturated rings. The lowest BCUT2D eigenvalue weighted by molar-refractivity contribution is -0.192. The molecule has 3 N–H and O–H groups in total. The molecule has 1 heterocycles. The van der Waals surface area contributed by atoms with Crippen LogP contribution in [0, 0.1) is 0 Å². The maximum Gasteiger partial charge on any atom is 0.490 e. The maximum atomic E-state index is 10.6. The average molecular weight is 315 g/mol. The lowest BCUT2D eigenvalue weighted by Gasteiger charge is -2.03. The van der Waals surface area contributed by atoms with Crippen molar-refractivity contribution in [1.82, 2.24) is 9.97 Å². The Morgan fingerprint density at radius 1 is 1.18 bits per heavy atom. The van der Waals surface area contributed by atoms with E-state index in [2.05, 4.69) is 9.97 Å². The number of aromatic nitrogens is 2. The number of hydrogen-bond donors (Lipinski definition) is 2. The second-order valence-electron chi connectivity index (χ2n) is 3.78. The van der Waals surface area contributed by atoms with E-state index in [-0.39, 0.29) is 0 Å². The number of carboxylic acid groups (broad SMARTS) is 1. The van der Waals surface area contributed by atoms with E-state index in [0.29, 0.717) is 18.3 Å². The van der Waals surface area contributed by atoms with Gasteiger partial charge < -0.3 is 15.6 Å². The first-order valence-corrected chi connectivity index (χ1v) is 5.87. The van der Waals surface area contributed by atoms with Gasteiger partial charge in [-0.05, 0) is 23.8 Å². The summed E-state index contributed by atoms with van der Waals surface area (Å²) in [7, 11) is 0. The van der Waals surface area contributed by atoms with Gasteiger partial charge in [0, 0.05) is 18.9 Å². The van der Waals surface area contributed by atoms with Crippen molar-refractivity contribution < 1.29 is 27.8 Å². The van der Waals surface area contributed by atoms with Gasteiger partial charge in [0.2, 0.25) is 0 Å². The average Bonchev–Trinajstić information content (AvgIpc) is 2.49. The van der Waals surface area contributed by atoms with Crippen molar-refractivity contribution >= 4 is 5.97 Å². The van der Waals surface area contributed by atoms with E-state index in [1.807, 2.05) is 24.3 Å². The monoisotopic (exact) mass is 315 g/mol. The number of alkyl halides is 3. The highest BCUT2D eigenvalue weighted by molar-refractivity contribution is 5.73. The van der Waals surface area contributed by atoms with Crippen LogP contribution in [0.5, 0.6) is 11.8 Å². The zero-order valence-corrected chi connectivity index (χ0v) is 11.1. The number of ether oxygens (including phenoxy) is 1. The quantitative estimate of drug-likeness (QED) is 0.902. The van der Waals surface area contributed by atoms with Crippen molar-refractivity contribution in [1.29, 1.82) is 0 Å². The molecule has 9 heteroatoms. The highest BCUT2D eigenvalue weighted by atomic mass is 19.4. The number of hydrogen-bond acceptors (Lipinski definition) is 5. The normalized spacial score (nSPS) is 10.4. The van der Waals surface area contributed by atoms with Gasteiger partial charge in [-0.25, -0.2) is 14.8 Å². The Morgan fingerprint density at radius 3 is 2.09 bits per heavy atom. The van der Waals surface area contributed by atoms with Crippen LogP contribution >= 0.6 is 0 Å². The minimum absolute atomic E-state index is 0.345. The molecule has 22 heavy (non-hydrogen) atoms. The van der Waals surface area contributed by atoms with Crippen molar-refractivity contribution in [2.24, 2.45) is 5.73 Å². The van der Waals surface area contributed by atoms with Crippen molar-refractivity contribution in [3.8, 4) is 11.8 Å². The molecule has 0 aliphatic rings. The molecule has 0 amide bonds. The molecule has 0 radical (unpaired) electrons. The molecule has 0 bridgehead atoms. The molecule has 1 aromatic heterocycles. The molecule has 6 nitrogen and oxygen atoms in total. The van der Waals surface area contributed by atoms with Crippen LogP contribution in [0.1, 0.15) is 5.56 Å². The minimum atomic E-state index is -5.08. The summed E-state index contributed by atoms with van der Waals surface area (Å²) in [6, 6.07) is 9.61. The fourth-order valence-corrected chi connectivity index (χ4v) is 1.14. The molecule has 0 saturated heterocycles. The number of carbonyl (C=O) groups is 1. The van der Waals surface area contributed by atoms with Crippen molar-refractivity contribution in [3.63, 3.8) is 0 Å². The fourth-order valence-electron chi connectivity index (χ4n) is 1.14. The molecule has 2 rings (SSSR count). The third-order valence-electron chi connectivity index (χ3n) is 2.15. The third-order valence-corrected chi connectivity index (χ3v) is 2.15. The first kappa shape index (κ1) is 17.4. The summed E-state index contributed by atoms with van der Waals surface area (Å²) >= 11 is 0. The first-order chi connectivity index (χ1) is 10.3. The van der Waals surface area contributed by atoms with Gasteiger partial charge in [-0.1, -0.05) is 12.1 Å². The van der Waals surface area contributed by atoms with Gasteiger partial charge in [-0.3, -0.25) is 0 Å². The van der Waals surface area contributed by atoms with Crippen LogP contribution in [0.15, 0.2) is 42.7 Å². The number of halogens is 3. The van der Waals surface area contributed by atoms with E-state index >= 15 is 0 Å². The molecular formula is C13H12F3N3O3. The zero-order chi connectivity index (χ0) is 16.6. The smallest absolute Gasteiger partial charge is 0.475 e. The fraction of sp³-hybridized carbons (Fsp3) is 0.154. The van der Waals surface area contributed by atoms with Crippen LogP contribution in [-0.4, -0.2) is 27.2 Å². The lowest BCUT2D eigenvalue weighted by atomic mass is 10.2. The van der Waals surface area contributed by atoms with Gasteiger partial charge in [-0.2, -0.15) is 13.2 Å². The summed E-state index contributed by atoms with van der Waals surface area (Å²) in [5.41, 5.74) is 6.55. The Bertz CT molecular complexity index is 589. The van der Waals surface area contributed by atoms with Gasteiger partial charge in [-0.15, -0.1) is 0 Å². The Hall–Kier alpha value is -2.68. The predicted molar refractivity (Wildman–Crippen MR) is 70.1 cm³/mol. The Labute approximate surface area is 123 Å². The maximum absolute atomic E-state index is 10.6. The lowest BCUT2D eigenvalue weighted by Crippen LogP contribution is -2.21. The van der Waals surface area contributed by atoms with E-state index in [0.717, 1.165) is 5.56 Å². The summed E-state index contributed by atoms with van der Waals surface area (Å²) in [5.74, 6) is -2.05. The van der Waals surface area contributed by atoms with Crippen LogP contribution in [0.3, 0.4) is 0 Å². The molecule has 118 valence electrons. The molecule has 0 spiro atoms. The van der Waals surface area contributed by atoms with Gasteiger partial charge in [0.1, 0.15) is 5.75 Å². The van der Waals surface area contributed by atoms with E-state index in [9.17, 15) is 13.2 Å². The number of rotatable bonds is 3. The number of nitrogens with zero attached hydrogens (tertiary/aromatic N) is 2. The minimum Gasteiger partial charge on any atom is -0.475 e. The number of nitrogens with two attached hydrogens (primary N) is 1. The molecule has 2 aromatic rings. The predicted octanol–water partition coefficient (Wildman–Crippen LogP) is 2.36. The molecule has 0 atom stereocenters. The second-order valence-corrected chi connectivity index (χ2v) is 3.78. The second kappa shape index (κ2) is 7.93. The molecule has 0 saturated carbocycles. The van der Waals surface area contributed by atoms with Gasteiger partial charge in [0.15, 0.2) is 0 Å². The zero-order valence-electron chi connectivity index (χ0n) is 11.1. The van der Waals surface area contributed by atoms with E-state index in [1.165, 1.54) is 0 Å². The van der Waals surface area contributed by atoms with Crippen molar-refractivity contribution in [2.45, 2.75) is 12.7 Å². The Morgan fingerprint density at radius 2 is 1.68 bits per heavy atom. The van der Waals surface area contributed by atoms with E-state index < -0.39 is 12.1 Å². The van der Waals surface area contributed by atoms with Crippen molar-refractivity contribution in [2.75, 3.05) is 0 Å². The topological polar surface area (TPSA) is 98.3 Å². The third kappa shape index (κ3) is 6.18. The molecule has 0 aliphatic carbocycles. The number of carboxylic acids is 1. The van der Waals surface area contributed by atoms with Gasteiger partial charge >= 0.3 is 18.2 Å². The van der Waals surface area contributed by atoms with Crippen LogP contribution in [0.25, 0.3) is 0 Å². The molecule has 0 unspecified atom stereocenters.